The van der Waals surface area contributed by atoms with Crippen LogP contribution in [0.25, 0.3) is 10.1 Å². The molecule has 0 fully saturated rings. The van der Waals surface area contributed by atoms with Crippen LogP contribution >= 0.6 is 22.9 Å². The maximum atomic E-state index is 12.6. The Morgan fingerprint density at radius 2 is 2.25 bits per heavy atom. The lowest BCUT2D eigenvalue weighted by atomic mass is 10.2. The van der Waals surface area contributed by atoms with Crippen LogP contribution in [0.1, 0.15) is 23.5 Å². The predicted molar refractivity (Wildman–Crippen MR) is 87.6 cm³/mol. The summed E-state index contributed by atoms with van der Waals surface area (Å²) in [5.41, 5.74) is 6.60. The number of hydrogen-bond acceptors (Lipinski definition) is 3. The number of thiophene rings is 1. The molecular weight excluding hydrogens is 292 g/mol. The van der Waals surface area contributed by atoms with Crippen LogP contribution in [0.5, 0.6) is 0 Å². The Kier molecular flexibility index (Phi) is 4.35. The Labute approximate surface area is 127 Å². The summed E-state index contributed by atoms with van der Waals surface area (Å²) in [7, 11) is 0. The van der Waals surface area contributed by atoms with Crippen molar-refractivity contribution in [3.05, 3.63) is 40.8 Å². The summed E-state index contributed by atoms with van der Waals surface area (Å²) in [5, 5.41) is 1.35. The molecule has 0 radical (unpaired) electrons. The van der Waals surface area contributed by atoms with Gasteiger partial charge in [0.1, 0.15) is 4.88 Å². The van der Waals surface area contributed by atoms with Crippen molar-refractivity contribution in [3.8, 4) is 0 Å². The summed E-state index contributed by atoms with van der Waals surface area (Å²) in [6.07, 6.45) is 1.72. The van der Waals surface area contributed by atoms with Crippen molar-refractivity contribution in [1.29, 1.82) is 0 Å². The van der Waals surface area contributed by atoms with Gasteiger partial charge in [-0.1, -0.05) is 23.7 Å². The van der Waals surface area contributed by atoms with Crippen molar-refractivity contribution in [3.63, 3.8) is 0 Å². The minimum absolute atomic E-state index is 0.0744. The first-order valence-electron chi connectivity index (χ1n) is 6.35. The second kappa shape index (κ2) is 5.85. The summed E-state index contributed by atoms with van der Waals surface area (Å²) in [6, 6.07) is 5.65. The van der Waals surface area contributed by atoms with Crippen molar-refractivity contribution < 1.29 is 4.79 Å². The van der Waals surface area contributed by atoms with Crippen molar-refractivity contribution in [1.82, 2.24) is 4.90 Å². The molecule has 1 aromatic heterocycles. The van der Waals surface area contributed by atoms with Gasteiger partial charge in [-0.3, -0.25) is 4.79 Å². The first-order valence-corrected chi connectivity index (χ1v) is 7.55. The van der Waals surface area contributed by atoms with Gasteiger partial charge in [0.15, 0.2) is 0 Å². The number of hydrogen-bond donors (Lipinski definition) is 1. The van der Waals surface area contributed by atoms with Crippen molar-refractivity contribution in [2.75, 3.05) is 12.3 Å². The molecule has 0 aliphatic carbocycles. The van der Waals surface area contributed by atoms with Crippen LogP contribution in [0.2, 0.25) is 5.02 Å². The normalized spacial score (nSPS) is 11.0. The smallest absolute Gasteiger partial charge is 0.266 e. The van der Waals surface area contributed by atoms with Crippen LogP contribution in [0.15, 0.2) is 30.9 Å². The molecule has 0 saturated carbocycles. The van der Waals surface area contributed by atoms with E-state index in [0.29, 0.717) is 22.1 Å². The van der Waals surface area contributed by atoms with Gasteiger partial charge in [-0.15, -0.1) is 17.9 Å². The van der Waals surface area contributed by atoms with Gasteiger partial charge < -0.3 is 10.6 Å². The quantitative estimate of drug-likeness (QED) is 0.862. The van der Waals surface area contributed by atoms with Gasteiger partial charge in [-0.05, 0) is 26.0 Å². The highest BCUT2D eigenvalue weighted by atomic mass is 35.5. The average molecular weight is 309 g/mol. The average Bonchev–Trinajstić information content (AvgIpc) is 2.73. The Morgan fingerprint density at radius 3 is 2.80 bits per heavy atom. The van der Waals surface area contributed by atoms with E-state index < -0.39 is 0 Å². The van der Waals surface area contributed by atoms with Gasteiger partial charge in [0.05, 0.1) is 10.7 Å². The molecule has 0 atom stereocenters. The minimum Gasteiger partial charge on any atom is -0.397 e. The Bertz CT molecular complexity index is 663. The summed E-state index contributed by atoms with van der Waals surface area (Å²) >= 11 is 7.55. The number of anilines is 1. The Balaban J connectivity index is 2.52. The second-order valence-corrected chi connectivity index (χ2v) is 6.26. The zero-order chi connectivity index (χ0) is 14.9. The van der Waals surface area contributed by atoms with E-state index in [2.05, 4.69) is 6.58 Å². The highest BCUT2D eigenvalue weighted by Crippen LogP contribution is 2.38. The fourth-order valence-electron chi connectivity index (χ4n) is 2.09. The SMILES string of the molecule is C=CCN(C(=O)c1sc2cccc(Cl)c2c1N)C(C)C. The molecule has 2 aromatic rings. The van der Waals surface area contributed by atoms with Crippen molar-refractivity contribution in [2.45, 2.75) is 19.9 Å². The maximum Gasteiger partial charge on any atom is 0.266 e. The minimum atomic E-state index is -0.0744. The van der Waals surface area contributed by atoms with Crippen LogP contribution < -0.4 is 5.73 Å². The number of nitrogen functional groups attached to an aromatic ring is 1. The Morgan fingerprint density at radius 1 is 1.55 bits per heavy atom. The summed E-state index contributed by atoms with van der Waals surface area (Å²) in [5.74, 6) is -0.0744. The molecular formula is C15H17ClN2OS. The van der Waals surface area contributed by atoms with E-state index in [1.54, 1.807) is 17.0 Å². The molecule has 2 N–H and O–H groups in total. The molecule has 106 valence electrons. The molecule has 5 heteroatoms. The number of nitrogens with two attached hydrogens (primary N) is 1. The molecule has 0 saturated heterocycles. The molecule has 1 aromatic carbocycles. The largest absolute Gasteiger partial charge is 0.397 e. The maximum absolute atomic E-state index is 12.6. The highest BCUT2D eigenvalue weighted by molar-refractivity contribution is 7.21. The predicted octanol–water partition coefficient (Wildman–Crippen LogP) is 4.17. The third-order valence-corrected chi connectivity index (χ3v) is 4.58. The lowest BCUT2D eigenvalue weighted by Gasteiger charge is -2.25. The molecule has 2 rings (SSSR count). The number of benzene rings is 1. The van der Waals surface area contributed by atoms with Crippen LogP contribution in [0.3, 0.4) is 0 Å². The monoisotopic (exact) mass is 308 g/mol. The molecule has 0 aliphatic heterocycles. The van der Waals surface area contributed by atoms with Crippen LogP contribution in [-0.4, -0.2) is 23.4 Å². The number of halogens is 1. The second-order valence-electron chi connectivity index (χ2n) is 4.80. The number of rotatable bonds is 4. The van der Waals surface area contributed by atoms with E-state index in [0.717, 1.165) is 10.1 Å². The van der Waals surface area contributed by atoms with Gasteiger partial charge in [0.25, 0.3) is 5.91 Å². The molecule has 0 unspecified atom stereocenters. The molecule has 1 heterocycles. The van der Waals surface area contributed by atoms with E-state index in [4.69, 9.17) is 17.3 Å². The first kappa shape index (κ1) is 14.9. The van der Waals surface area contributed by atoms with Gasteiger partial charge in [0, 0.05) is 22.7 Å². The standard InChI is InChI=1S/C15H17ClN2OS/c1-4-8-18(9(2)3)15(19)14-13(17)12-10(16)6-5-7-11(12)20-14/h4-7,9H,1,8,17H2,2-3H3. The molecule has 3 nitrogen and oxygen atoms in total. The third kappa shape index (κ3) is 2.53. The molecule has 0 aliphatic rings. The van der Waals surface area contributed by atoms with Crippen LogP contribution in [0, 0.1) is 0 Å². The number of carbonyl (C=O) groups is 1. The summed E-state index contributed by atoms with van der Waals surface area (Å²) in [6.45, 7) is 8.13. The van der Waals surface area contributed by atoms with Crippen LogP contribution in [-0.2, 0) is 0 Å². The van der Waals surface area contributed by atoms with Crippen LogP contribution in [0.4, 0.5) is 5.69 Å². The zero-order valence-corrected chi connectivity index (χ0v) is 13.1. The summed E-state index contributed by atoms with van der Waals surface area (Å²) in [4.78, 5) is 14.9. The number of fused-ring (bicyclic) bond motifs is 1. The summed E-state index contributed by atoms with van der Waals surface area (Å²) < 4.78 is 0.931. The zero-order valence-electron chi connectivity index (χ0n) is 11.5. The van der Waals surface area contributed by atoms with Gasteiger partial charge in [0.2, 0.25) is 0 Å². The van der Waals surface area contributed by atoms with Crippen molar-refractivity contribution >= 4 is 44.6 Å². The number of amides is 1. The van der Waals surface area contributed by atoms with E-state index in [9.17, 15) is 4.79 Å². The van der Waals surface area contributed by atoms with E-state index >= 15 is 0 Å². The molecule has 0 spiro atoms. The van der Waals surface area contributed by atoms with Gasteiger partial charge in [-0.2, -0.15) is 0 Å². The first-order chi connectivity index (χ1) is 9.47. The number of nitrogens with zero attached hydrogens (tertiary/aromatic N) is 1. The lowest BCUT2D eigenvalue weighted by Crippen LogP contribution is -2.36. The third-order valence-electron chi connectivity index (χ3n) is 3.11. The fourth-order valence-corrected chi connectivity index (χ4v) is 3.52. The number of carbonyl (C=O) groups excluding carboxylic acids is 1. The van der Waals surface area contributed by atoms with Gasteiger partial charge in [-0.25, -0.2) is 0 Å². The van der Waals surface area contributed by atoms with Crippen molar-refractivity contribution in [2.24, 2.45) is 0 Å². The molecule has 0 bridgehead atoms. The van der Waals surface area contributed by atoms with E-state index in [-0.39, 0.29) is 11.9 Å². The topological polar surface area (TPSA) is 46.3 Å². The fraction of sp³-hybridized carbons (Fsp3) is 0.267. The Hall–Kier alpha value is -1.52. The van der Waals surface area contributed by atoms with E-state index in [1.807, 2.05) is 26.0 Å². The molecule has 1 amide bonds. The van der Waals surface area contributed by atoms with Gasteiger partial charge >= 0.3 is 0 Å². The highest BCUT2D eigenvalue weighted by Gasteiger charge is 2.23. The van der Waals surface area contributed by atoms with E-state index in [1.165, 1.54) is 11.3 Å². The lowest BCUT2D eigenvalue weighted by molar-refractivity contribution is 0.0735. The molecule has 20 heavy (non-hydrogen) atoms.